The summed E-state index contributed by atoms with van der Waals surface area (Å²) in [6.45, 7) is 7.68. The lowest BCUT2D eigenvalue weighted by Gasteiger charge is -2.55. The molecular weight excluding hydrogens is 126 g/mol. The van der Waals surface area contributed by atoms with Gasteiger partial charge in [-0.2, -0.15) is 0 Å². The molecule has 2 saturated heterocycles. The van der Waals surface area contributed by atoms with Gasteiger partial charge in [0.25, 0.3) is 0 Å². The van der Waals surface area contributed by atoms with Crippen LogP contribution in [0.15, 0.2) is 0 Å². The van der Waals surface area contributed by atoms with Gasteiger partial charge in [0.15, 0.2) is 0 Å². The molecule has 2 aliphatic heterocycles. The van der Waals surface area contributed by atoms with Crippen LogP contribution < -0.4 is 0 Å². The molecular formula is C8H15NO. The normalized spacial score (nSPS) is 48.0. The molecule has 0 aromatic carbocycles. The average Bonchev–Trinajstić information content (AvgIpc) is 2.03. The van der Waals surface area contributed by atoms with E-state index in [0.29, 0.717) is 0 Å². The van der Waals surface area contributed by atoms with Gasteiger partial charge in [-0.15, -0.1) is 0 Å². The van der Waals surface area contributed by atoms with Crippen molar-refractivity contribution in [3.63, 3.8) is 0 Å². The van der Waals surface area contributed by atoms with Crippen LogP contribution in [0.3, 0.4) is 0 Å². The van der Waals surface area contributed by atoms with Gasteiger partial charge in [0.2, 0.25) is 0 Å². The fourth-order valence-corrected chi connectivity index (χ4v) is 2.12. The highest BCUT2D eigenvalue weighted by Crippen LogP contribution is 2.33. The summed E-state index contributed by atoms with van der Waals surface area (Å²) in [5.74, 6) is 0.847. The first-order valence-electron chi connectivity index (χ1n) is 4.14. The first kappa shape index (κ1) is 6.62. The molecule has 0 aromatic heterocycles. The number of ether oxygens (including phenoxy) is 1. The third-order valence-electron chi connectivity index (χ3n) is 3.10. The Morgan fingerprint density at radius 3 is 2.90 bits per heavy atom. The Kier molecular flexibility index (Phi) is 1.46. The van der Waals surface area contributed by atoms with E-state index in [1.807, 2.05) is 0 Å². The SMILES string of the molecule is CC1C(C)N2CCOCC12. The fraction of sp³-hybridized carbons (Fsp3) is 1.00. The van der Waals surface area contributed by atoms with Crippen molar-refractivity contribution in [3.8, 4) is 0 Å². The maximum Gasteiger partial charge on any atom is 0.0625 e. The zero-order valence-electron chi connectivity index (χ0n) is 6.71. The van der Waals surface area contributed by atoms with E-state index in [1.165, 1.54) is 0 Å². The first-order valence-corrected chi connectivity index (χ1v) is 4.14. The molecule has 0 spiro atoms. The summed E-state index contributed by atoms with van der Waals surface area (Å²) in [7, 11) is 0. The minimum atomic E-state index is 0.740. The second kappa shape index (κ2) is 2.21. The van der Waals surface area contributed by atoms with E-state index in [1.54, 1.807) is 0 Å². The standard InChI is InChI=1S/C8H15NO/c1-6-7(2)9-3-4-10-5-8(6)9/h6-8H,3-5H2,1-2H3. The lowest BCUT2D eigenvalue weighted by Crippen LogP contribution is -2.66. The fourth-order valence-electron chi connectivity index (χ4n) is 2.12. The van der Waals surface area contributed by atoms with E-state index < -0.39 is 0 Å². The van der Waals surface area contributed by atoms with Crippen molar-refractivity contribution in [1.82, 2.24) is 4.90 Å². The molecule has 3 unspecified atom stereocenters. The summed E-state index contributed by atoms with van der Waals surface area (Å²) in [5.41, 5.74) is 0. The van der Waals surface area contributed by atoms with Crippen molar-refractivity contribution >= 4 is 0 Å². The molecule has 0 bridgehead atoms. The van der Waals surface area contributed by atoms with Gasteiger partial charge in [0.05, 0.1) is 13.2 Å². The van der Waals surface area contributed by atoms with Crippen molar-refractivity contribution in [2.45, 2.75) is 25.9 Å². The van der Waals surface area contributed by atoms with E-state index in [9.17, 15) is 0 Å². The van der Waals surface area contributed by atoms with Crippen molar-refractivity contribution in [2.75, 3.05) is 19.8 Å². The van der Waals surface area contributed by atoms with E-state index >= 15 is 0 Å². The molecule has 3 atom stereocenters. The molecule has 2 fully saturated rings. The lowest BCUT2D eigenvalue weighted by atomic mass is 9.82. The Balaban J connectivity index is 2.00. The van der Waals surface area contributed by atoms with Crippen LogP contribution in [0.4, 0.5) is 0 Å². The highest BCUT2D eigenvalue weighted by molar-refractivity contribution is 4.97. The van der Waals surface area contributed by atoms with Gasteiger partial charge in [0, 0.05) is 18.6 Å². The predicted molar refractivity (Wildman–Crippen MR) is 39.9 cm³/mol. The molecule has 0 N–H and O–H groups in total. The van der Waals surface area contributed by atoms with Gasteiger partial charge in [-0.25, -0.2) is 0 Å². The second-order valence-corrected chi connectivity index (χ2v) is 3.48. The highest BCUT2D eigenvalue weighted by Gasteiger charge is 2.43. The topological polar surface area (TPSA) is 12.5 Å². The monoisotopic (exact) mass is 141 g/mol. The minimum Gasteiger partial charge on any atom is -0.378 e. The van der Waals surface area contributed by atoms with Gasteiger partial charge in [-0.3, -0.25) is 4.90 Å². The molecule has 0 aliphatic carbocycles. The summed E-state index contributed by atoms with van der Waals surface area (Å²) in [6, 6.07) is 1.54. The Morgan fingerprint density at radius 1 is 1.40 bits per heavy atom. The van der Waals surface area contributed by atoms with Crippen molar-refractivity contribution < 1.29 is 4.74 Å². The third kappa shape index (κ3) is 0.722. The molecule has 10 heavy (non-hydrogen) atoms. The molecule has 0 amide bonds. The summed E-state index contributed by atoms with van der Waals surface area (Å²) in [6.07, 6.45) is 0. The lowest BCUT2D eigenvalue weighted by molar-refractivity contribution is -0.127. The van der Waals surface area contributed by atoms with E-state index in [-0.39, 0.29) is 0 Å². The van der Waals surface area contributed by atoms with Crippen LogP contribution >= 0.6 is 0 Å². The largest absolute Gasteiger partial charge is 0.378 e. The first-order chi connectivity index (χ1) is 4.80. The van der Waals surface area contributed by atoms with Gasteiger partial charge in [-0.1, -0.05) is 6.92 Å². The van der Waals surface area contributed by atoms with Gasteiger partial charge in [0.1, 0.15) is 0 Å². The molecule has 2 aliphatic rings. The number of hydrogen-bond acceptors (Lipinski definition) is 2. The highest BCUT2D eigenvalue weighted by atomic mass is 16.5. The number of fused-ring (bicyclic) bond motifs is 1. The Bertz CT molecular complexity index is 121. The number of rotatable bonds is 0. The zero-order chi connectivity index (χ0) is 7.14. The van der Waals surface area contributed by atoms with Crippen LogP contribution in [0.5, 0.6) is 0 Å². The summed E-state index contributed by atoms with van der Waals surface area (Å²) < 4.78 is 5.38. The maximum absolute atomic E-state index is 5.38. The van der Waals surface area contributed by atoms with Gasteiger partial charge < -0.3 is 4.74 Å². The van der Waals surface area contributed by atoms with Crippen LogP contribution in [0.1, 0.15) is 13.8 Å². The Hall–Kier alpha value is -0.0800. The molecule has 2 nitrogen and oxygen atoms in total. The molecule has 58 valence electrons. The summed E-state index contributed by atoms with van der Waals surface area (Å²) in [5, 5.41) is 0. The van der Waals surface area contributed by atoms with E-state index in [0.717, 1.165) is 37.8 Å². The Morgan fingerprint density at radius 2 is 2.20 bits per heavy atom. The van der Waals surface area contributed by atoms with Crippen LogP contribution in [-0.4, -0.2) is 36.7 Å². The van der Waals surface area contributed by atoms with E-state index in [4.69, 9.17) is 4.74 Å². The molecule has 0 aromatic rings. The maximum atomic E-state index is 5.38. The van der Waals surface area contributed by atoms with Gasteiger partial charge >= 0.3 is 0 Å². The zero-order valence-corrected chi connectivity index (χ0v) is 6.71. The number of nitrogens with zero attached hydrogens (tertiary/aromatic N) is 1. The average molecular weight is 141 g/mol. The minimum absolute atomic E-state index is 0.740. The van der Waals surface area contributed by atoms with Crippen LogP contribution in [0.2, 0.25) is 0 Å². The van der Waals surface area contributed by atoms with Crippen molar-refractivity contribution in [3.05, 3.63) is 0 Å². The van der Waals surface area contributed by atoms with Crippen molar-refractivity contribution in [2.24, 2.45) is 5.92 Å². The molecule has 2 heteroatoms. The van der Waals surface area contributed by atoms with Crippen LogP contribution in [-0.2, 0) is 4.74 Å². The Labute approximate surface area is 62.2 Å². The van der Waals surface area contributed by atoms with Crippen LogP contribution in [0.25, 0.3) is 0 Å². The van der Waals surface area contributed by atoms with Crippen LogP contribution in [0, 0.1) is 5.92 Å². The second-order valence-electron chi connectivity index (χ2n) is 3.48. The molecule has 2 rings (SSSR count). The third-order valence-corrected chi connectivity index (χ3v) is 3.10. The number of morpholine rings is 1. The smallest absolute Gasteiger partial charge is 0.0625 e. The molecule has 2 heterocycles. The van der Waals surface area contributed by atoms with Crippen molar-refractivity contribution in [1.29, 1.82) is 0 Å². The number of hydrogen-bond donors (Lipinski definition) is 0. The molecule has 0 radical (unpaired) electrons. The quantitative estimate of drug-likeness (QED) is 0.493. The summed E-state index contributed by atoms with van der Waals surface area (Å²) in [4.78, 5) is 2.55. The molecule has 0 saturated carbocycles. The predicted octanol–water partition coefficient (Wildman–Crippen LogP) is 0.725. The van der Waals surface area contributed by atoms with E-state index in [2.05, 4.69) is 18.7 Å². The van der Waals surface area contributed by atoms with Gasteiger partial charge in [-0.05, 0) is 12.8 Å². The summed E-state index contributed by atoms with van der Waals surface area (Å²) >= 11 is 0.